The van der Waals surface area contributed by atoms with Gasteiger partial charge in [-0.25, -0.2) is 0 Å². The van der Waals surface area contributed by atoms with Crippen LogP contribution >= 0.6 is 0 Å². The first-order valence-corrected chi connectivity index (χ1v) is 5.31. The lowest BCUT2D eigenvalue weighted by molar-refractivity contribution is -0.123. The SMILES string of the molecule is CC(C)NC(=O)COc1ccccc1C(N)=O. The highest BCUT2D eigenvalue weighted by Gasteiger charge is 2.10. The van der Waals surface area contributed by atoms with E-state index in [1.807, 2.05) is 13.8 Å². The smallest absolute Gasteiger partial charge is 0.258 e. The average molecular weight is 236 g/mol. The number of carbonyl (C=O) groups is 2. The van der Waals surface area contributed by atoms with Crippen LogP contribution in [0.2, 0.25) is 0 Å². The minimum atomic E-state index is -0.579. The van der Waals surface area contributed by atoms with E-state index < -0.39 is 5.91 Å². The van der Waals surface area contributed by atoms with Crippen LogP contribution in [0.1, 0.15) is 24.2 Å². The number of carbonyl (C=O) groups excluding carboxylic acids is 2. The van der Waals surface area contributed by atoms with Crippen LogP contribution in [-0.4, -0.2) is 24.5 Å². The van der Waals surface area contributed by atoms with Gasteiger partial charge in [0.1, 0.15) is 5.75 Å². The second-order valence-corrected chi connectivity index (χ2v) is 3.87. The van der Waals surface area contributed by atoms with Crippen molar-refractivity contribution in [2.24, 2.45) is 5.73 Å². The Morgan fingerprint density at radius 2 is 2.00 bits per heavy atom. The maximum atomic E-state index is 11.4. The molecule has 17 heavy (non-hydrogen) atoms. The Balaban J connectivity index is 2.63. The van der Waals surface area contributed by atoms with E-state index in [0.717, 1.165) is 0 Å². The van der Waals surface area contributed by atoms with E-state index >= 15 is 0 Å². The van der Waals surface area contributed by atoms with E-state index in [9.17, 15) is 9.59 Å². The zero-order chi connectivity index (χ0) is 12.8. The van der Waals surface area contributed by atoms with Crippen molar-refractivity contribution in [3.05, 3.63) is 29.8 Å². The first-order valence-electron chi connectivity index (χ1n) is 5.31. The molecule has 92 valence electrons. The molecule has 2 amide bonds. The molecule has 0 aromatic heterocycles. The highest BCUT2D eigenvalue weighted by atomic mass is 16.5. The number of rotatable bonds is 5. The van der Waals surface area contributed by atoms with Gasteiger partial charge in [0.25, 0.3) is 11.8 Å². The van der Waals surface area contributed by atoms with Crippen LogP contribution in [0.15, 0.2) is 24.3 Å². The molecule has 0 saturated carbocycles. The number of nitrogens with two attached hydrogens (primary N) is 1. The number of nitrogens with one attached hydrogen (secondary N) is 1. The van der Waals surface area contributed by atoms with Crippen LogP contribution in [0.4, 0.5) is 0 Å². The van der Waals surface area contributed by atoms with Crippen molar-refractivity contribution in [3.8, 4) is 5.75 Å². The zero-order valence-corrected chi connectivity index (χ0v) is 9.90. The summed E-state index contributed by atoms with van der Waals surface area (Å²) in [4.78, 5) is 22.4. The van der Waals surface area contributed by atoms with E-state index in [2.05, 4.69) is 5.32 Å². The van der Waals surface area contributed by atoms with Crippen LogP contribution in [-0.2, 0) is 4.79 Å². The van der Waals surface area contributed by atoms with Crippen LogP contribution in [0, 0.1) is 0 Å². The van der Waals surface area contributed by atoms with E-state index in [1.54, 1.807) is 24.3 Å². The summed E-state index contributed by atoms with van der Waals surface area (Å²) in [6.07, 6.45) is 0. The van der Waals surface area contributed by atoms with Gasteiger partial charge >= 0.3 is 0 Å². The van der Waals surface area contributed by atoms with Gasteiger partial charge in [0.05, 0.1) is 5.56 Å². The Labute approximate surface area is 99.9 Å². The predicted molar refractivity (Wildman–Crippen MR) is 63.7 cm³/mol. The quantitative estimate of drug-likeness (QED) is 0.789. The Morgan fingerprint density at radius 3 is 2.59 bits per heavy atom. The molecular formula is C12H16N2O3. The maximum Gasteiger partial charge on any atom is 0.258 e. The average Bonchev–Trinajstić information content (AvgIpc) is 2.25. The predicted octanol–water partition coefficient (Wildman–Crippen LogP) is 0.689. The van der Waals surface area contributed by atoms with Crippen molar-refractivity contribution in [1.82, 2.24) is 5.32 Å². The lowest BCUT2D eigenvalue weighted by atomic mass is 10.2. The lowest BCUT2D eigenvalue weighted by Gasteiger charge is -2.11. The first-order chi connectivity index (χ1) is 8.00. The normalized spacial score (nSPS) is 10.1. The number of para-hydroxylation sites is 1. The number of benzene rings is 1. The fraction of sp³-hybridized carbons (Fsp3) is 0.333. The summed E-state index contributed by atoms with van der Waals surface area (Å²) in [6, 6.07) is 6.60. The molecule has 0 spiro atoms. The van der Waals surface area contributed by atoms with Gasteiger partial charge in [-0.15, -0.1) is 0 Å². The Kier molecular flexibility index (Phi) is 4.51. The Bertz CT molecular complexity index is 416. The van der Waals surface area contributed by atoms with Crippen molar-refractivity contribution in [2.45, 2.75) is 19.9 Å². The number of hydrogen-bond acceptors (Lipinski definition) is 3. The van der Waals surface area contributed by atoms with Crippen LogP contribution in [0.3, 0.4) is 0 Å². The molecule has 0 aliphatic heterocycles. The van der Waals surface area contributed by atoms with Gasteiger partial charge in [-0.1, -0.05) is 12.1 Å². The van der Waals surface area contributed by atoms with Gasteiger partial charge in [0, 0.05) is 6.04 Å². The minimum absolute atomic E-state index is 0.0532. The molecule has 5 heteroatoms. The van der Waals surface area contributed by atoms with Gasteiger partial charge in [-0.05, 0) is 26.0 Å². The Hall–Kier alpha value is -2.04. The van der Waals surface area contributed by atoms with Crippen molar-refractivity contribution >= 4 is 11.8 Å². The third-order valence-electron chi connectivity index (χ3n) is 1.96. The fourth-order valence-electron chi connectivity index (χ4n) is 1.30. The second-order valence-electron chi connectivity index (χ2n) is 3.87. The topological polar surface area (TPSA) is 81.4 Å². The van der Waals surface area contributed by atoms with Gasteiger partial charge in [0.2, 0.25) is 0 Å². The third kappa shape index (κ3) is 4.14. The molecule has 0 atom stereocenters. The van der Waals surface area contributed by atoms with Crippen molar-refractivity contribution in [3.63, 3.8) is 0 Å². The summed E-state index contributed by atoms with van der Waals surface area (Å²) in [5.41, 5.74) is 5.45. The van der Waals surface area contributed by atoms with E-state index in [4.69, 9.17) is 10.5 Å². The molecule has 0 aliphatic rings. The Morgan fingerprint density at radius 1 is 1.35 bits per heavy atom. The molecule has 0 aliphatic carbocycles. The highest BCUT2D eigenvalue weighted by molar-refractivity contribution is 5.95. The molecule has 0 radical (unpaired) electrons. The standard InChI is InChI=1S/C12H16N2O3/c1-8(2)14-11(15)7-17-10-6-4-3-5-9(10)12(13)16/h3-6,8H,7H2,1-2H3,(H2,13,16)(H,14,15). The summed E-state index contributed by atoms with van der Waals surface area (Å²) in [6.45, 7) is 3.58. The van der Waals surface area contributed by atoms with Crippen LogP contribution in [0.25, 0.3) is 0 Å². The monoisotopic (exact) mass is 236 g/mol. The summed E-state index contributed by atoms with van der Waals surface area (Å²) >= 11 is 0. The summed E-state index contributed by atoms with van der Waals surface area (Å²) in [5, 5.41) is 2.68. The molecule has 0 unspecified atom stereocenters. The number of hydrogen-bond donors (Lipinski definition) is 2. The van der Waals surface area contributed by atoms with Crippen molar-refractivity contribution in [1.29, 1.82) is 0 Å². The molecule has 0 saturated heterocycles. The van der Waals surface area contributed by atoms with Gasteiger partial charge in [-0.2, -0.15) is 0 Å². The number of primary amides is 1. The molecule has 1 aromatic carbocycles. The molecule has 1 rings (SSSR count). The minimum Gasteiger partial charge on any atom is -0.483 e. The van der Waals surface area contributed by atoms with Gasteiger partial charge in [-0.3, -0.25) is 9.59 Å². The third-order valence-corrected chi connectivity index (χ3v) is 1.96. The highest BCUT2D eigenvalue weighted by Crippen LogP contribution is 2.16. The molecular weight excluding hydrogens is 220 g/mol. The molecule has 3 N–H and O–H groups in total. The molecule has 0 heterocycles. The zero-order valence-electron chi connectivity index (χ0n) is 9.90. The largest absolute Gasteiger partial charge is 0.483 e. The summed E-state index contributed by atoms with van der Waals surface area (Å²) in [7, 11) is 0. The van der Waals surface area contributed by atoms with Crippen LogP contribution in [0.5, 0.6) is 5.75 Å². The van der Waals surface area contributed by atoms with Gasteiger partial charge in [0.15, 0.2) is 6.61 Å². The van der Waals surface area contributed by atoms with Gasteiger partial charge < -0.3 is 15.8 Å². The molecule has 0 bridgehead atoms. The number of amides is 2. The first kappa shape index (κ1) is 13.0. The molecule has 1 aromatic rings. The van der Waals surface area contributed by atoms with Crippen LogP contribution < -0.4 is 15.8 Å². The number of ether oxygens (including phenoxy) is 1. The second kappa shape index (κ2) is 5.89. The van der Waals surface area contributed by atoms with Crippen molar-refractivity contribution in [2.75, 3.05) is 6.61 Å². The van der Waals surface area contributed by atoms with E-state index in [0.29, 0.717) is 5.75 Å². The molecule has 0 fully saturated rings. The van der Waals surface area contributed by atoms with E-state index in [-0.39, 0.29) is 24.1 Å². The van der Waals surface area contributed by atoms with E-state index in [1.165, 1.54) is 0 Å². The fourth-order valence-corrected chi connectivity index (χ4v) is 1.30. The summed E-state index contributed by atoms with van der Waals surface area (Å²) in [5.74, 6) is -0.497. The summed E-state index contributed by atoms with van der Waals surface area (Å²) < 4.78 is 5.25. The lowest BCUT2D eigenvalue weighted by Crippen LogP contribution is -2.34. The molecule has 5 nitrogen and oxygen atoms in total. The maximum absolute atomic E-state index is 11.4. The van der Waals surface area contributed by atoms with Crippen molar-refractivity contribution < 1.29 is 14.3 Å².